The number of fused-ring (bicyclic) bond motifs is 1. The van der Waals surface area contributed by atoms with Crippen LogP contribution in [0.15, 0.2) is 24.3 Å². The van der Waals surface area contributed by atoms with E-state index in [0.717, 1.165) is 16.9 Å². The molecule has 4 atom stereocenters. The summed E-state index contributed by atoms with van der Waals surface area (Å²) in [5.74, 6) is -4.48. The van der Waals surface area contributed by atoms with E-state index >= 15 is 0 Å². The number of nitrogens with one attached hydrogen (secondary N) is 1. The Kier molecular flexibility index (Phi) is 6.92. The number of carbonyl (C=O) groups is 6. The van der Waals surface area contributed by atoms with Crippen molar-refractivity contribution >= 4 is 35.5 Å². The highest BCUT2D eigenvalue weighted by atomic mass is 16.5. The Morgan fingerprint density at radius 3 is 2.21 bits per heavy atom. The Hall–Kier alpha value is -3.60. The van der Waals surface area contributed by atoms with Crippen LogP contribution in [0.1, 0.15) is 47.4 Å². The summed E-state index contributed by atoms with van der Waals surface area (Å²) >= 11 is 0. The smallest absolute Gasteiger partial charge is 0.328 e. The molecule has 33 heavy (non-hydrogen) atoms. The van der Waals surface area contributed by atoms with Crippen molar-refractivity contribution in [2.45, 2.75) is 44.8 Å². The summed E-state index contributed by atoms with van der Waals surface area (Å²) in [4.78, 5) is 77.5. The first-order chi connectivity index (χ1) is 15.6. The minimum absolute atomic E-state index is 0.00979. The topological polar surface area (TPSA) is 156 Å². The van der Waals surface area contributed by atoms with Crippen molar-refractivity contribution in [1.82, 2.24) is 15.1 Å². The molecule has 3 N–H and O–H groups in total. The quantitative estimate of drug-likeness (QED) is 0.407. The third-order valence-electron chi connectivity index (χ3n) is 5.83. The summed E-state index contributed by atoms with van der Waals surface area (Å²) in [5, 5.41) is 2.47. The number of benzene rings is 1. The van der Waals surface area contributed by atoms with E-state index in [2.05, 4.69) is 5.32 Å². The summed E-state index contributed by atoms with van der Waals surface area (Å²) in [6, 6.07) is 3.08. The van der Waals surface area contributed by atoms with Gasteiger partial charge in [-0.3, -0.25) is 33.8 Å². The van der Waals surface area contributed by atoms with Crippen molar-refractivity contribution in [3.63, 3.8) is 0 Å². The van der Waals surface area contributed by atoms with Crippen molar-refractivity contribution in [3.8, 4) is 0 Å². The molecule has 0 saturated carbocycles. The average Bonchev–Trinajstić information content (AvgIpc) is 3.04. The van der Waals surface area contributed by atoms with Crippen LogP contribution in [0.3, 0.4) is 0 Å². The molecule has 1 saturated heterocycles. The number of piperidine rings is 1. The predicted octanol–water partition coefficient (Wildman–Crippen LogP) is -0.559. The molecule has 11 heteroatoms. The van der Waals surface area contributed by atoms with Crippen LogP contribution in [-0.4, -0.2) is 77.1 Å². The normalized spacial score (nSPS) is 20.9. The maximum absolute atomic E-state index is 13.2. The van der Waals surface area contributed by atoms with Crippen LogP contribution in [0.25, 0.3) is 0 Å². The van der Waals surface area contributed by atoms with Crippen LogP contribution in [0.5, 0.6) is 0 Å². The van der Waals surface area contributed by atoms with Gasteiger partial charge in [-0.2, -0.15) is 0 Å². The molecule has 0 radical (unpaired) electrons. The van der Waals surface area contributed by atoms with Gasteiger partial charge in [0, 0.05) is 18.9 Å². The molecular formula is C22H26N4O7. The molecule has 176 valence electrons. The standard InChI is InChI=1S/C22H26N4O7/c1-11(17(22(32)33-3)24-18(28)12(2)23)10-25-16(27)9-8-15(21(25)31)26-19(29)13-6-4-5-7-14(13)20(26)30/h4-7,11-12,15,17H,8-10,23H2,1-3H3,(H,24,28)/t11?,12?,15-,17-/m0/s1. The monoisotopic (exact) mass is 458 g/mol. The van der Waals surface area contributed by atoms with Gasteiger partial charge in [0.2, 0.25) is 11.8 Å². The SMILES string of the molecule is COC(=O)[C@@H](NC(=O)C(C)N)C(C)CN1C(=O)CC[C@H](N2C(=O)c3ccccc3C2=O)C1=O. The van der Waals surface area contributed by atoms with Gasteiger partial charge in [0.15, 0.2) is 0 Å². The van der Waals surface area contributed by atoms with Crippen LogP contribution in [0, 0.1) is 5.92 Å². The van der Waals surface area contributed by atoms with E-state index in [-0.39, 0.29) is 30.5 Å². The lowest BCUT2D eigenvalue weighted by molar-refractivity contribution is -0.154. The van der Waals surface area contributed by atoms with Gasteiger partial charge in [-0.15, -0.1) is 0 Å². The number of rotatable bonds is 7. The summed E-state index contributed by atoms with van der Waals surface area (Å²) < 4.78 is 4.74. The average molecular weight is 458 g/mol. The maximum atomic E-state index is 13.2. The fraction of sp³-hybridized carbons (Fsp3) is 0.455. The second kappa shape index (κ2) is 9.49. The van der Waals surface area contributed by atoms with Gasteiger partial charge in [0.1, 0.15) is 12.1 Å². The molecule has 11 nitrogen and oxygen atoms in total. The van der Waals surface area contributed by atoms with Crippen molar-refractivity contribution in [2.24, 2.45) is 11.7 Å². The number of methoxy groups -OCH3 is 1. The van der Waals surface area contributed by atoms with Gasteiger partial charge >= 0.3 is 5.97 Å². The van der Waals surface area contributed by atoms with Crippen LogP contribution < -0.4 is 11.1 Å². The molecule has 0 spiro atoms. The summed E-state index contributed by atoms with van der Waals surface area (Å²) in [5.41, 5.74) is 5.96. The van der Waals surface area contributed by atoms with E-state index in [9.17, 15) is 28.8 Å². The van der Waals surface area contributed by atoms with E-state index in [1.54, 1.807) is 19.1 Å². The second-order valence-corrected chi connectivity index (χ2v) is 8.20. The Balaban J connectivity index is 1.80. The van der Waals surface area contributed by atoms with Crippen molar-refractivity contribution in [1.29, 1.82) is 0 Å². The van der Waals surface area contributed by atoms with E-state index in [4.69, 9.17) is 10.5 Å². The van der Waals surface area contributed by atoms with Gasteiger partial charge in [0.05, 0.1) is 24.3 Å². The van der Waals surface area contributed by atoms with E-state index in [1.165, 1.54) is 19.1 Å². The van der Waals surface area contributed by atoms with Gasteiger partial charge in [-0.25, -0.2) is 4.79 Å². The van der Waals surface area contributed by atoms with Crippen molar-refractivity contribution in [2.75, 3.05) is 13.7 Å². The fourth-order valence-electron chi connectivity index (χ4n) is 3.98. The van der Waals surface area contributed by atoms with E-state index < -0.39 is 59.5 Å². The number of hydrogen-bond acceptors (Lipinski definition) is 8. The summed E-state index contributed by atoms with van der Waals surface area (Å²) in [6.45, 7) is 2.78. The van der Waals surface area contributed by atoms with Crippen molar-refractivity contribution < 1.29 is 33.5 Å². The highest BCUT2D eigenvalue weighted by Crippen LogP contribution is 2.29. The number of ether oxygens (including phenoxy) is 1. The zero-order valence-electron chi connectivity index (χ0n) is 18.6. The van der Waals surface area contributed by atoms with E-state index in [0.29, 0.717) is 0 Å². The number of imide groups is 2. The molecule has 1 aromatic carbocycles. The Bertz CT molecular complexity index is 987. The first kappa shape index (κ1) is 24.1. The van der Waals surface area contributed by atoms with Crippen LogP contribution >= 0.6 is 0 Å². The number of hydrogen-bond donors (Lipinski definition) is 2. The van der Waals surface area contributed by atoms with Gasteiger partial charge in [0.25, 0.3) is 17.7 Å². The molecule has 2 heterocycles. The van der Waals surface area contributed by atoms with Crippen molar-refractivity contribution in [3.05, 3.63) is 35.4 Å². The first-order valence-electron chi connectivity index (χ1n) is 10.5. The number of likely N-dealkylation sites (tertiary alicyclic amines) is 1. The molecule has 0 aromatic heterocycles. The number of nitrogens with two attached hydrogens (primary N) is 1. The van der Waals surface area contributed by atoms with Crippen LogP contribution in [-0.2, 0) is 23.9 Å². The Labute approximate surface area is 190 Å². The highest BCUT2D eigenvalue weighted by Gasteiger charge is 2.47. The van der Waals surface area contributed by atoms with Gasteiger partial charge in [-0.05, 0) is 25.5 Å². The minimum Gasteiger partial charge on any atom is -0.467 e. The predicted molar refractivity (Wildman–Crippen MR) is 113 cm³/mol. The van der Waals surface area contributed by atoms with Crippen LogP contribution in [0.2, 0.25) is 0 Å². The summed E-state index contributed by atoms with van der Waals surface area (Å²) in [6.07, 6.45) is -0.0541. The lowest BCUT2D eigenvalue weighted by Crippen LogP contribution is -2.59. The molecule has 2 aliphatic rings. The lowest BCUT2D eigenvalue weighted by atomic mass is 9.96. The largest absolute Gasteiger partial charge is 0.467 e. The highest BCUT2D eigenvalue weighted by molar-refractivity contribution is 6.23. The number of amides is 5. The Morgan fingerprint density at radius 2 is 1.70 bits per heavy atom. The molecule has 0 bridgehead atoms. The zero-order valence-corrected chi connectivity index (χ0v) is 18.6. The molecule has 2 unspecified atom stereocenters. The minimum atomic E-state index is -1.16. The molecule has 2 aliphatic heterocycles. The molecule has 0 aliphatic carbocycles. The third-order valence-corrected chi connectivity index (χ3v) is 5.83. The van der Waals surface area contributed by atoms with E-state index in [1.807, 2.05) is 0 Å². The fourth-order valence-corrected chi connectivity index (χ4v) is 3.98. The number of carbonyl (C=O) groups excluding carboxylic acids is 6. The Morgan fingerprint density at radius 1 is 1.12 bits per heavy atom. The molecule has 5 amide bonds. The molecule has 1 aromatic rings. The lowest BCUT2D eigenvalue weighted by Gasteiger charge is -2.36. The third kappa shape index (κ3) is 4.49. The number of nitrogens with zero attached hydrogens (tertiary/aromatic N) is 2. The first-order valence-corrected chi connectivity index (χ1v) is 10.5. The molecular weight excluding hydrogens is 432 g/mol. The second-order valence-electron chi connectivity index (χ2n) is 8.20. The molecule has 1 fully saturated rings. The van der Waals surface area contributed by atoms with Crippen LogP contribution in [0.4, 0.5) is 0 Å². The molecule has 3 rings (SSSR count). The van der Waals surface area contributed by atoms with Gasteiger partial charge < -0.3 is 15.8 Å². The summed E-state index contributed by atoms with van der Waals surface area (Å²) in [7, 11) is 1.15. The number of esters is 1. The van der Waals surface area contributed by atoms with Gasteiger partial charge in [-0.1, -0.05) is 19.1 Å². The maximum Gasteiger partial charge on any atom is 0.328 e. The zero-order chi connectivity index (χ0) is 24.4.